The van der Waals surface area contributed by atoms with Crippen molar-refractivity contribution in [3.63, 3.8) is 0 Å². The molecular formula is C16H17FN2O. The highest BCUT2D eigenvalue weighted by molar-refractivity contribution is 5.94. The first-order valence-corrected chi connectivity index (χ1v) is 6.45. The monoisotopic (exact) mass is 272 g/mol. The number of nitrogen functional groups attached to an aromatic ring is 1. The first kappa shape index (κ1) is 14.1. The second-order valence-electron chi connectivity index (χ2n) is 4.47. The zero-order valence-corrected chi connectivity index (χ0v) is 11.3. The average Bonchev–Trinajstić information content (AvgIpc) is 2.46. The van der Waals surface area contributed by atoms with Gasteiger partial charge < -0.3 is 10.5 Å². The van der Waals surface area contributed by atoms with Crippen LogP contribution in [0.15, 0.2) is 42.5 Å². The first-order valence-electron chi connectivity index (χ1n) is 6.45. The van der Waals surface area contributed by atoms with Gasteiger partial charge in [-0.25, -0.2) is 4.39 Å². The van der Waals surface area contributed by atoms with Crippen molar-refractivity contribution < 1.29 is 9.13 Å². The Balaban J connectivity index is 2.13. The van der Waals surface area contributed by atoms with Crippen molar-refractivity contribution in [3.05, 3.63) is 65.0 Å². The highest BCUT2D eigenvalue weighted by atomic mass is 19.1. The number of ether oxygens (including phenoxy) is 1. The summed E-state index contributed by atoms with van der Waals surface area (Å²) in [5.74, 6) is 0.212. The highest BCUT2D eigenvalue weighted by Gasteiger charge is 2.07. The molecule has 0 atom stereocenters. The van der Waals surface area contributed by atoms with Crippen LogP contribution in [-0.2, 0) is 13.0 Å². The Morgan fingerprint density at radius 1 is 1.20 bits per heavy atom. The molecule has 0 aromatic heterocycles. The Bertz CT molecular complexity index is 626. The molecule has 4 heteroatoms. The number of amidine groups is 1. The Hall–Kier alpha value is -2.36. The van der Waals surface area contributed by atoms with Crippen LogP contribution in [0.25, 0.3) is 0 Å². The van der Waals surface area contributed by atoms with Gasteiger partial charge in [0.25, 0.3) is 0 Å². The van der Waals surface area contributed by atoms with Gasteiger partial charge >= 0.3 is 0 Å². The van der Waals surface area contributed by atoms with Crippen LogP contribution in [0.2, 0.25) is 0 Å². The molecule has 104 valence electrons. The van der Waals surface area contributed by atoms with E-state index in [1.807, 2.05) is 31.2 Å². The van der Waals surface area contributed by atoms with Gasteiger partial charge in [-0.15, -0.1) is 0 Å². The Labute approximate surface area is 117 Å². The van der Waals surface area contributed by atoms with Crippen LogP contribution in [-0.4, -0.2) is 5.84 Å². The third-order valence-electron chi connectivity index (χ3n) is 3.10. The van der Waals surface area contributed by atoms with Gasteiger partial charge in [0.05, 0.1) is 0 Å². The minimum Gasteiger partial charge on any atom is -0.489 e. The molecule has 3 N–H and O–H groups in total. The number of aryl methyl sites for hydroxylation is 1. The topological polar surface area (TPSA) is 59.1 Å². The number of benzene rings is 2. The predicted molar refractivity (Wildman–Crippen MR) is 77.6 cm³/mol. The Kier molecular flexibility index (Phi) is 4.35. The SMILES string of the molecule is CCc1ccccc1OCc1ccc(C(=N)N)cc1F. The fourth-order valence-corrected chi connectivity index (χ4v) is 1.92. The summed E-state index contributed by atoms with van der Waals surface area (Å²) in [6, 6.07) is 12.2. The maximum absolute atomic E-state index is 13.9. The maximum atomic E-state index is 13.9. The van der Waals surface area contributed by atoms with E-state index in [4.69, 9.17) is 15.9 Å². The van der Waals surface area contributed by atoms with E-state index in [0.29, 0.717) is 11.1 Å². The molecule has 0 saturated carbocycles. The molecule has 2 aromatic carbocycles. The molecule has 3 nitrogen and oxygen atoms in total. The number of nitrogens with one attached hydrogen (secondary N) is 1. The van der Waals surface area contributed by atoms with Gasteiger partial charge in [-0.05, 0) is 24.1 Å². The second kappa shape index (κ2) is 6.19. The number of halogens is 1. The molecule has 0 radical (unpaired) electrons. The lowest BCUT2D eigenvalue weighted by atomic mass is 10.1. The van der Waals surface area contributed by atoms with E-state index >= 15 is 0 Å². The molecule has 0 spiro atoms. The maximum Gasteiger partial charge on any atom is 0.130 e. The van der Waals surface area contributed by atoms with Crippen molar-refractivity contribution in [1.82, 2.24) is 0 Å². The van der Waals surface area contributed by atoms with Crippen molar-refractivity contribution in [2.45, 2.75) is 20.0 Å². The lowest BCUT2D eigenvalue weighted by Crippen LogP contribution is -2.12. The molecule has 0 aliphatic carbocycles. The van der Waals surface area contributed by atoms with Crippen molar-refractivity contribution in [1.29, 1.82) is 5.41 Å². The van der Waals surface area contributed by atoms with E-state index in [9.17, 15) is 4.39 Å². The Morgan fingerprint density at radius 2 is 1.95 bits per heavy atom. The van der Waals surface area contributed by atoms with Crippen molar-refractivity contribution in [3.8, 4) is 5.75 Å². The van der Waals surface area contributed by atoms with E-state index in [1.165, 1.54) is 6.07 Å². The largest absolute Gasteiger partial charge is 0.489 e. The smallest absolute Gasteiger partial charge is 0.130 e. The first-order chi connectivity index (χ1) is 9.61. The summed E-state index contributed by atoms with van der Waals surface area (Å²) in [4.78, 5) is 0. The van der Waals surface area contributed by atoms with Crippen LogP contribution in [0.5, 0.6) is 5.75 Å². The number of hydrogen-bond acceptors (Lipinski definition) is 2. The van der Waals surface area contributed by atoms with Crippen LogP contribution in [0, 0.1) is 11.2 Å². The summed E-state index contributed by atoms with van der Waals surface area (Å²) in [6.45, 7) is 2.20. The van der Waals surface area contributed by atoms with E-state index in [-0.39, 0.29) is 12.4 Å². The molecule has 0 saturated heterocycles. The van der Waals surface area contributed by atoms with Crippen molar-refractivity contribution in [2.24, 2.45) is 5.73 Å². The molecule has 0 unspecified atom stereocenters. The van der Waals surface area contributed by atoms with Crippen LogP contribution >= 0.6 is 0 Å². The zero-order chi connectivity index (χ0) is 14.5. The molecule has 2 aromatic rings. The summed E-state index contributed by atoms with van der Waals surface area (Å²) >= 11 is 0. The normalized spacial score (nSPS) is 10.3. The third kappa shape index (κ3) is 3.15. The molecule has 0 fully saturated rings. The summed E-state index contributed by atoms with van der Waals surface area (Å²) in [5, 5.41) is 7.27. The third-order valence-corrected chi connectivity index (χ3v) is 3.10. The van der Waals surface area contributed by atoms with Crippen LogP contribution in [0.1, 0.15) is 23.6 Å². The number of rotatable bonds is 5. The second-order valence-corrected chi connectivity index (χ2v) is 4.47. The van der Waals surface area contributed by atoms with Crippen LogP contribution in [0.4, 0.5) is 4.39 Å². The summed E-state index contributed by atoms with van der Waals surface area (Å²) in [6.07, 6.45) is 0.863. The summed E-state index contributed by atoms with van der Waals surface area (Å²) in [7, 11) is 0. The van der Waals surface area contributed by atoms with Crippen LogP contribution < -0.4 is 10.5 Å². The number of para-hydroxylation sites is 1. The van der Waals surface area contributed by atoms with E-state index in [0.717, 1.165) is 17.7 Å². The van der Waals surface area contributed by atoms with E-state index in [2.05, 4.69) is 0 Å². The van der Waals surface area contributed by atoms with Gasteiger partial charge in [0.2, 0.25) is 0 Å². The van der Waals surface area contributed by atoms with E-state index in [1.54, 1.807) is 12.1 Å². The summed E-state index contributed by atoms with van der Waals surface area (Å²) in [5.41, 5.74) is 7.23. The van der Waals surface area contributed by atoms with Gasteiger partial charge in [-0.2, -0.15) is 0 Å². The van der Waals surface area contributed by atoms with Gasteiger partial charge in [-0.3, -0.25) is 5.41 Å². The van der Waals surface area contributed by atoms with E-state index < -0.39 is 5.82 Å². The number of hydrogen-bond donors (Lipinski definition) is 2. The predicted octanol–water partition coefficient (Wildman–Crippen LogP) is 3.25. The highest BCUT2D eigenvalue weighted by Crippen LogP contribution is 2.20. The average molecular weight is 272 g/mol. The summed E-state index contributed by atoms with van der Waals surface area (Å²) < 4.78 is 19.5. The van der Waals surface area contributed by atoms with Crippen molar-refractivity contribution >= 4 is 5.84 Å². The molecule has 0 aliphatic rings. The fourth-order valence-electron chi connectivity index (χ4n) is 1.92. The molecule has 0 heterocycles. The lowest BCUT2D eigenvalue weighted by molar-refractivity contribution is 0.297. The molecule has 2 rings (SSSR count). The standard InChI is InChI=1S/C16H17FN2O/c1-2-11-5-3-4-6-15(11)20-10-13-8-7-12(16(18)19)9-14(13)17/h3-9H,2,10H2,1H3,(H3,18,19). The van der Waals surface area contributed by atoms with Gasteiger partial charge in [0, 0.05) is 11.1 Å². The number of nitrogens with two attached hydrogens (primary N) is 1. The molecule has 0 aliphatic heterocycles. The lowest BCUT2D eigenvalue weighted by Gasteiger charge is -2.11. The van der Waals surface area contributed by atoms with Gasteiger partial charge in [0.15, 0.2) is 0 Å². The zero-order valence-electron chi connectivity index (χ0n) is 11.3. The molecule has 0 bridgehead atoms. The Morgan fingerprint density at radius 3 is 2.60 bits per heavy atom. The minimum atomic E-state index is -0.410. The van der Waals surface area contributed by atoms with Crippen LogP contribution in [0.3, 0.4) is 0 Å². The van der Waals surface area contributed by atoms with Gasteiger partial charge in [-0.1, -0.05) is 37.3 Å². The fraction of sp³-hybridized carbons (Fsp3) is 0.188. The minimum absolute atomic E-state index is 0.146. The quantitative estimate of drug-likeness (QED) is 0.648. The molecule has 20 heavy (non-hydrogen) atoms. The van der Waals surface area contributed by atoms with Crippen molar-refractivity contribution in [2.75, 3.05) is 0 Å². The van der Waals surface area contributed by atoms with Gasteiger partial charge in [0.1, 0.15) is 24.0 Å². The molecule has 0 amide bonds. The molecular weight excluding hydrogens is 255 g/mol.